The Bertz CT molecular complexity index is 539. The van der Waals surface area contributed by atoms with Crippen LogP contribution < -0.4 is 10.6 Å². The number of hydrogen-bond acceptors (Lipinski definition) is 4. The van der Waals surface area contributed by atoms with Crippen LogP contribution >= 0.6 is 0 Å². The molecule has 0 bridgehead atoms. The van der Waals surface area contributed by atoms with Gasteiger partial charge in [-0.05, 0) is 19.1 Å². The number of guanidine groups is 1. The molecule has 0 fully saturated rings. The van der Waals surface area contributed by atoms with Crippen LogP contribution in [0.3, 0.4) is 0 Å². The summed E-state index contributed by atoms with van der Waals surface area (Å²) in [6.45, 7) is 3.81. The summed E-state index contributed by atoms with van der Waals surface area (Å²) in [6, 6.07) is 8.53. The SMILES string of the molecule is CC1CN=C(NCCc2nc3ccccc3[nH]2)N1. The predicted octanol–water partition coefficient (Wildman–Crippen LogP) is 1.04. The van der Waals surface area contributed by atoms with Gasteiger partial charge >= 0.3 is 0 Å². The Labute approximate surface area is 106 Å². The highest BCUT2D eigenvalue weighted by atomic mass is 15.2. The molecule has 0 spiro atoms. The van der Waals surface area contributed by atoms with Gasteiger partial charge in [0.2, 0.25) is 0 Å². The Balaban J connectivity index is 1.57. The number of benzene rings is 1. The van der Waals surface area contributed by atoms with E-state index in [4.69, 9.17) is 0 Å². The Morgan fingerprint density at radius 1 is 1.39 bits per heavy atom. The molecule has 1 aliphatic rings. The molecule has 2 aromatic rings. The molecule has 1 unspecified atom stereocenters. The van der Waals surface area contributed by atoms with E-state index in [1.165, 1.54) is 0 Å². The molecule has 1 aliphatic heterocycles. The molecule has 0 radical (unpaired) electrons. The van der Waals surface area contributed by atoms with Gasteiger partial charge in [0.15, 0.2) is 5.96 Å². The van der Waals surface area contributed by atoms with Crippen molar-refractivity contribution in [1.82, 2.24) is 20.6 Å². The number of nitrogens with one attached hydrogen (secondary N) is 3. The number of imidazole rings is 1. The van der Waals surface area contributed by atoms with E-state index in [9.17, 15) is 0 Å². The van der Waals surface area contributed by atoms with E-state index < -0.39 is 0 Å². The Morgan fingerprint density at radius 2 is 2.28 bits per heavy atom. The minimum absolute atomic E-state index is 0.443. The van der Waals surface area contributed by atoms with Crippen LogP contribution in [0.2, 0.25) is 0 Å². The van der Waals surface area contributed by atoms with Crippen LogP contribution in [0.1, 0.15) is 12.7 Å². The van der Waals surface area contributed by atoms with E-state index in [1.54, 1.807) is 0 Å². The third-order valence-electron chi connectivity index (χ3n) is 3.00. The van der Waals surface area contributed by atoms with E-state index in [-0.39, 0.29) is 0 Å². The summed E-state index contributed by atoms with van der Waals surface area (Å²) in [5.41, 5.74) is 2.12. The zero-order valence-corrected chi connectivity index (χ0v) is 10.4. The van der Waals surface area contributed by atoms with Gasteiger partial charge in [-0.25, -0.2) is 4.98 Å². The van der Waals surface area contributed by atoms with Crippen molar-refractivity contribution in [3.05, 3.63) is 30.1 Å². The maximum atomic E-state index is 4.54. The Morgan fingerprint density at radius 3 is 3.06 bits per heavy atom. The predicted molar refractivity (Wildman–Crippen MR) is 72.7 cm³/mol. The van der Waals surface area contributed by atoms with Crippen LogP contribution in [0.25, 0.3) is 11.0 Å². The number of fused-ring (bicyclic) bond motifs is 1. The zero-order chi connectivity index (χ0) is 12.4. The van der Waals surface area contributed by atoms with Gasteiger partial charge in [-0.15, -0.1) is 0 Å². The summed E-state index contributed by atoms with van der Waals surface area (Å²) in [5.74, 6) is 1.91. The lowest BCUT2D eigenvalue weighted by Crippen LogP contribution is -2.38. The van der Waals surface area contributed by atoms with Crippen LogP contribution in [0.5, 0.6) is 0 Å². The average Bonchev–Trinajstić information content (AvgIpc) is 2.95. The molecule has 3 rings (SSSR count). The lowest BCUT2D eigenvalue weighted by atomic mass is 10.3. The minimum atomic E-state index is 0.443. The molecular weight excluding hydrogens is 226 g/mol. The van der Waals surface area contributed by atoms with Gasteiger partial charge in [0.25, 0.3) is 0 Å². The molecular formula is C13H17N5. The van der Waals surface area contributed by atoms with E-state index in [0.29, 0.717) is 6.04 Å². The second-order valence-corrected chi connectivity index (χ2v) is 4.61. The first kappa shape index (κ1) is 11.1. The highest BCUT2D eigenvalue weighted by Gasteiger charge is 2.11. The van der Waals surface area contributed by atoms with Crippen molar-refractivity contribution in [3.63, 3.8) is 0 Å². The molecule has 0 aliphatic carbocycles. The average molecular weight is 243 g/mol. The van der Waals surface area contributed by atoms with Crippen molar-refractivity contribution < 1.29 is 0 Å². The summed E-state index contributed by atoms with van der Waals surface area (Å²) in [4.78, 5) is 12.2. The fourth-order valence-corrected chi connectivity index (χ4v) is 2.08. The van der Waals surface area contributed by atoms with Crippen LogP contribution in [-0.2, 0) is 6.42 Å². The van der Waals surface area contributed by atoms with Crippen molar-refractivity contribution in [2.75, 3.05) is 13.1 Å². The number of hydrogen-bond donors (Lipinski definition) is 3. The summed E-state index contributed by atoms with van der Waals surface area (Å²) in [6.07, 6.45) is 0.865. The van der Waals surface area contributed by atoms with Crippen molar-refractivity contribution >= 4 is 17.0 Å². The number of aliphatic imine (C=N–C) groups is 1. The first-order valence-corrected chi connectivity index (χ1v) is 6.30. The van der Waals surface area contributed by atoms with E-state index in [0.717, 1.165) is 42.3 Å². The van der Waals surface area contributed by atoms with Gasteiger partial charge in [0, 0.05) is 19.0 Å². The highest BCUT2D eigenvalue weighted by Crippen LogP contribution is 2.10. The summed E-state index contributed by atoms with van der Waals surface area (Å²) in [7, 11) is 0. The number of nitrogens with zero attached hydrogens (tertiary/aromatic N) is 2. The molecule has 1 aromatic heterocycles. The van der Waals surface area contributed by atoms with Crippen LogP contribution in [0, 0.1) is 0 Å². The standard InChI is InChI=1S/C13H17N5/c1-9-8-15-13(16-9)14-7-6-12-17-10-4-2-3-5-11(10)18-12/h2-5,9H,6-8H2,1H3,(H,17,18)(H2,14,15,16). The molecule has 18 heavy (non-hydrogen) atoms. The first-order chi connectivity index (χ1) is 8.81. The van der Waals surface area contributed by atoms with Crippen molar-refractivity contribution in [3.8, 4) is 0 Å². The van der Waals surface area contributed by atoms with Gasteiger partial charge in [-0.3, -0.25) is 4.99 Å². The van der Waals surface area contributed by atoms with Crippen LogP contribution in [0.4, 0.5) is 0 Å². The second kappa shape index (κ2) is 4.68. The number of aromatic amines is 1. The molecule has 1 atom stereocenters. The highest BCUT2D eigenvalue weighted by molar-refractivity contribution is 5.81. The van der Waals surface area contributed by atoms with Gasteiger partial charge in [-0.2, -0.15) is 0 Å². The molecule has 0 saturated carbocycles. The largest absolute Gasteiger partial charge is 0.356 e. The van der Waals surface area contributed by atoms with Gasteiger partial charge in [0.1, 0.15) is 5.82 Å². The van der Waals surface area contributed by atoms with E-state index in [1.807, 2.05) is 24.3 Å². The van der Waals surface area contributed by atoms with Gasteiger partial charge < -0.3 is 15.6 Å². The molecule has 1 aromatic carbocycles. The fourth-order valence-electron chi connectivity index (χ4n) is 2.08. The summed E-state index contributed by atoms with van der Waals surface area (Å²) >= 11 is 0. The lowest BCUT2D eigenvalue weighted by molar-refractivity contribution is 0.710. The first-order valence-electron chi connectivity index (χ1n) is 6.30. The smallest absolute Gasteiger partial charge is 0.191 e. The third kappa shape index (κ3) is 2.30. The number of H-pyrrole nitrogens is 1. The topological polar surface area (TPSA) is 65.1 Å². The monoisotopic (exact) mass is 243 g/mol. The normalized spacial score (nSPS) is 18.7. The number of aromatic nitrogens is 2. The summed E-state index contributed by atoms with van der Waals surface area (Å²) < 4.78 is 0. The number of rotatable bonds is 3. The molecule has 0 amide bonds. The quantitative estimate of drug-likeness (QED) is 0.754. The lowest BCUT2D eigenvalue weighted by Gasteiger charge is -2.07. The fraction of sp³-hybridized carbons (Fsp3) is 0.385. The molecule has 5 nitrogen and oxygen atoms in total. The van der Waals surface area contributed by atoms with Crippen LogP contribution in [-0.4, -0.2) is 35.1 Å². The molecule has 94 valence electrons. The maximum absolute atomic E-state index is 4.54. The zero-order valence-electron chi connectivity index (χ0n) is 10.4. The van der Waals surface area contributed by atoms with E-state index >= 15 is 0 Å². The number of para-hydroxylation sites is 2. The van der Waals surface area contributed by atoms with E-state index in [2.05, 4.69) is 32.5 Å². The van der Waals surface area contributed by atoms with Gasteiger partial charge in [-0.1, -0.05) is 12.1 Å². The third-order valence-corrected chi connectivity index (χ3v) is 3.00. The molecule has 3 N–H and O–H groups in total. The Kier molecular flexibility index (Phi) is 2.88. The summed E-state index contributed by atoms with van der Waals surface area (Å²) in [5, 5.41) is 6.56. The molecule has 0 saturated heterocycles. The Hall–Kier alpha value is -2.04. The second-order valence-electron chi connectivity index (χ2n) is 4.61. The molecule has 2 heterocycles. The van der Waals surface area contributed by atoms with Crippen LogP contribution in [0.15, 0.2) is 29.3 Å². The molecule has 5 heteroatoms. The van der Waals surface area contributed by atoms with Crippen molar-refractivity contribution in [2.24, 2.45) is 4.99 Å². The maximum Gasteiger partial charge on any atom is 0.191 e. The van der Waals surface area contributed by atoms with Crippen molar-refractivity contribution in [1.29, 1.82) is 0 Å². The van der Waals surface area contributed by atoms with Crippen molar-refractivity contribution in [2.45, 2.75) is 19.4 Å². The van der Waals surface area contributed by atoms with Gasteiger partial charge in [0.05, 0.1) is 17.6 Å². The minimum Gasteiger partial charge on any atom is -0.356 e.